The Balaban J connectivity index is 1.74. The van der Waals surface area contributed by atoms with E-state index in [4.69, 9.17) is 5.73 Å². The molecule has 1 fully saturated rings. The Hall–Kier alpha value is -0.340. The van der Waals surface area contributed by atoms with E-state index in [-0.39, 0.29) is 5.54 Å². The maximum Gasteiger partial charge on any atom is 0.0306 e. The van der Waals surface area contributed by atoms with Crippen molar-refractivity contribution in [3.05, 3.63) is 11.6 Å². The van der Waals surface area contributed by atoms with Crippen molar-refractivity contribution in [2.45, 2.75) is 57.4 Å². The molecule has 2 aliphatic rings. The van der Waals surface area contributed by atoms with Crippen LogP contribution in [-0.4, -0.2) is 18.6 Å². The zero-order chi connectivity index (χ0) is 11.4. The molecule has 1 saturated carbocycles. The van der Waals surface area contributed by atoms with Crippen LogP contribution < -0.4 is 11.1 Å². The van der Waals surface area contributed by atoms with Crippen LogP contribution in [-0.2, 0) is 0 Å². The number of rotatable bonds is 5. The molecule has 2 aliphatic carbocycles. The van der Waals surface area contributed by atoms with Gasteiger partial charge in [0, 0.05) is 12.1 Å². The molecule has 2 heteroatoms. The average Bonchev–Trinajstić information content (AvgIpc) is 2.89. The van der Waals surface area contributed by atoms with Crippen LogP contribution in [0.2, 0.25) is 0 Å². The zero-order valence-corrected chi connectivity index (χ0v) is 10.6. The first-order valence-electron chi connectivity index (χ1n) is 6.87. The van der Waals surface area contributed by atoms with Crippen molar-refractivity contribution in [1.29, 1.82) is 0 Å². The molecule has 2 rings (SSSR count). The molecule has 0 aliphatic heterocycles. The summed E-state index contributed by atoms with van der Waals surface area (Å²) in [6.45, 7) is 4.27. The van der Waals surface area contributed by atoms with Crippen molar-refractivity contribution in [3.63, 3.8) is 0 Å². The minimum Gasteiger partial charge on any atom is -0.329 e. The molecule has 0 saturated heterocycles. The predicted octanol–water partition coefficient (Wildman–Crippen LogP) is 2.59. The van der Waals surface area contributed by atoms with Crippen LogP contribution in [0.25, 0.3) is 0 Å². The molecule has 0 spiro atoms. The Bertz CT molecular complexity index is 259. The fraction of sp³-hybridized carbons (Fsp3) is 0.857. The van der Waals surface area contributed by atoms with E-state index >= 15 is 0 Å². The van der Waals surface area contributed by atoms with Gasteiger partial charge in [-0.25, -0.2) is 0 Å². The molecule has 2 atom stereocenters. The van der Waals surface area contributed by atoms with Crippen LogP contribution in [0.1, 0.15) is 51.9 Å². The van der Waals surface area contributed by atoms with E-state index < -0.39 is 0 Å². The van der Waals surface area contributed by atoms with Crippen LogP contribution in [0.3, 0.4) is 0 Å². The molecule has 0 bridgehead atoms. The van der Waals surface area contributed by atoms with Gasteiger partial charge in [-0.2, -0.15) is 0 Å². The third-order valence-electron chi connectivity index (χ3n) is 4.33. The minimum absolute atomic E-state index is 0.262. The van der Waals surface area contributed by atoms with E-state index in [0.717, 1.165) is 19.0 Å². The average molecular weight is 222 g/mol. The van der Waals surface area contributed by atoms with Crippen LogP contribution in [0.15, 0.2) is 11.6 Å². The Morgan fingerprint density at radius 2 is 2.44 bits per heavy atom. The second-order valence-corrected chi connectivity index (χ2v) is 5.76. The maximum absolute atomic E-state index is 5.95. The molecule has 0 aromatic heterocycles. The predicted molar refractivity (Wildman–Crippen MR) is 69.4 cm³/mol. The van der Waals surface area contributed by atoms with Gasteiger partial charge in [0.05, 0.1) is 0 Å². The van der Waals surface area contributed by atoms with Gasteiger partial charge in [-0.15, -0.1) is 0 Å². The quantitative estimate of drug-likeness (QED) is 0.702. The molecule has 0 aromatic rings. The van der Waals surface area contributed by atoms with Gasteiger partial charge in [0.25, 0.3) is 0 Å². The molecular weight excluding hydrogens is 196 g/mol. The highest BCUT2D eigenvalue weighted by atomic mass is 15.0. The second-order valence-electron chi connectivity index (χ2n) is 5.76. The molecule has 3 N–H and O–H groups in total. The van der Waals surface area contributed by atoms with Crippen molar-refractivity contribution >= 4 is 0 Å². The standard InChI is InChI=1S/C14H26N2/c1-12-6-8-14(10-12,11-15)16-9-7-13-4-2-3-5-13/h4,12,16H,2-3,5-11,15H2,1H3. The number of nitrogens with one attached hydrogen (secondary N) is 1. The number of allylic oxidation sites excluding steroid dienone is 1. The molecule has 0 radical (unpaired) electrons. The molecule has 16 heavy (non-hydrogen) atoms. The summed E-state index contributed by atoms with van der Waals surface area (Å²) >= 11 is 0. The SMILES string of the molecule is CC1CCC(CN)(NCCC2=CCCC2)C1. The van der Waals surface area contributed by atoms with E-state index in [2.05, 4.69) is 18.3 Å². The summed E-state index contributed by atoms with van der Waals surface area (Å²) in [6.07, 6.45) is 11.5. The lowest BCUT2D eigenvalue weighted by Gasteiger charge is -2.29. The van der Waals surface area contributed by atoms with E-state index in [9.17, 15) is 0 Å². The molecule has 2 unspecified atom stereocenters. The van der Waals surface area contributed by atoms with Crippen LogP contribution in [0, 0.1) is 5.92 Å². The van der Waals surface area contributed by atoms with E-state index in [1.54, 1.807) is 5.57 Å². The lowest BCUT2D eigenvalue weighted by atomic mass is 9.96. The summed E-state index contributed by atoms with van der Waals surface area (Å²) in [5.41, 5.74) is 7.87. The van der Waals surface area contributed by atoms with Gasteiger partial charge >= 0.3 is 0 Å². The molecule has 0 aromatic carbocycles. The largest absolute Gasteiger partial charge is 0.329 e. The van der Waals surface area contributed by atoms with Crippen molar-refractivity contribution in [1.82, 2.24) is 5.32 Å². The van der Waals surface area contributed by atoms with Crippen LogP contribution in [0.4, 0.5) is 0 Å². The second kappa shape index (κ2) is 5.33. The van der Waals surface area contributed by atoms with Gasteiger partial charge in [-0.05, 0) is 57.4 Å². The van der Waals surface area contributed by atoms with Gasteiger partial charge in [0.2, 0.25) is 0 Å². The van der Waals surface area contributed by atoms with Gasteiger partial charge in [0.15, 0.2) is 0 Å². The maximum atomic E-state index is 5.95. The summed E-state index contributed by atoms with van der Waals surface area (Å²) in [7, 11) is 0. The molecule has 92 valence electrons. The Labute approximate surface area is 99.7 Å². The highest BCUT2D eigenvalue weighted by molar-refractivity contribution is 5.08. The molecular formula is C14H26N2. The highest BCUT2D eigenvalue weighted by Gasteiger charge is 2.35. The van der Waals surface area contributed by atoms with Gasteiger partial charge in [-0.1, -0.05) is 18.6 Å². The fourth-order valence-electron chi connectivity index (χ4n) is 3.26. The minimum atomic E-state index is 0.262. The number of nitrogens with two attached hydrogens (primary N) is 1. The fourth-order valence-corrected chi connectivity index (χ4v) is 3.26. The lowest BCUT2D eigenvalue weighted by Crippen LogP contribution is -2.49. The molecule has 2 nitrogen and oxygen atoms in total. The van der Waals surface area contributed by atoms with E-state index in [1.807, 2.05) is 0 Å². The monoisotopic (exact) mass is 222 g/mol. The topological polar surface area (TPSA) is 38.0 Å². The number of hydrogen-bond acceptors (Lipinski definition) is 2. The third-order valence-corrected chi connectivity index (χ3v) is 4.33. The first-order chi connectivity index (χ1) is 7.74. The Morgan fingerprint density at radius 1 is 1.56 bits per heavy atom. The summed E-state index contributed by atoms with van der Waals surface area (Å²) in [4.78, 5) is 0. The summed E-state index contributed by atoms with van der Waals surface area (Å²) in [6, 6.07) is 0. The van der Waals surface area contributed by atoms with Crippen LogP contribution in [0.5, 0.6) is 0 Å². The molecule has 0 heterocycles. The van der Waals surface area contributed by atoms with Gasteiger partial charge < -0.3 is 11.1 Å². The zero-order valence-electron chi connectivity index (χ0n) is 10.6. The summed E-state index contributed by atoms with van der Waals surface area (Å²) in [5.74, 6) is 0.849. The van der Waals surface area contributed by atoms with Crippen molar-refractivity contribution in [2.24, 2.45) is 11.7 Å². The smallest absolute Gasteiger partial charge is 0.0306 e. The van der Waals surface area contributed by atoms with E-state index in [1.165, 1.54) is 44.9 Å². The van der Waals surface area contributed by atoms with Crippen molar-refractivity contribution in [2.75, 3.05) is 13.1 Å². The Kier molecular flexibility index (Phi) is 4.04. The highest BCUT2D eigenvalue weighted by Crippen LogP contribution is 2.33. The van der Waals surface area contributed by atoms with Gasteiger partial charge in [0.1, 0.15) is 0 Å². The number of hydrogen-bond donors (Lipinski definition) is 2. The van der Waals surface area contributed by atoms with Crippen molar-refractivity contribution < 1.29 is 0 Å². The third kappa shape index (κ3) is 2.86. The van der Waals surface area contributed by atoms with E-state index in [0.29, 0.717) is 0 Å². The van der Waals surface area contributed by atoms with Crippen LogP contribution >= 0.6 is 0 Å². The lowest BCUT2D eigenvalue weighted by molar-refractivity contribution is 0.333. The summed E-state index contributed by atoms with van der Waals surface area (Å²) < 4.78 is 0. The summed E-state index contributed by atoms with van der Waals surface area (Å²) in [5, 5.41) is 3.74. The Morgan fingerprint density at radius 3 is 3.00 bits per heavy atom. The van der Waals surface area contributed by atoms with Gasteiger partial charge in [-0.3, -0.25) is 0 Å². The molecule has 0 amide bonds. The first kappa shape index (κ1) is 12.1. The van der Waals surface area contributed by atoms with Crippen molar-refractivity contribution in [3.8, 4) is 0 Å². The first-order valence-corrected chi connectivity index (χ1v) is 6.87. The normalized spacial score (nSPS) is 34.4.